The van der Waals surface area contributed by atoms with Crippen LogP contribution in [-0.2, 0) is 4.79 Å². The lowest BCUT2D eigenvalue weighted by atomic mass is 10.0. The quantitative estimate of drug-likeness (QED) is 0.764. The molecule has 0 spiro atoms. The second kappa shape index (κ2) is 9.39. The Morgan fingerprint density at radius 3 is 2.42 bits per heavy atom. The van der Waals surface area contributed by atoms with Gasteiger partial charge in [-0.1, -0.05) is 56.3 Å². The van der Waals surface area contributed by atoms with E-state index in [1.165, 1.54) is 10.5 Å². The minimum absolute atomic E-state index is 0.0352. The first-order chi connectivity index (χ1) is 12.4. The molecular weight excluding hydrogens is 324 g/mol. The van der Waals surface area contributed by atoms with E-state index in [0.717, 1.165) is 16.9 Å². The van der Waals surface area contributed by atoms with Gasteiger partial charge in [0.1, 0.15) is 11.8 Å². The molecule has 0 heterocycles. The Kier molecular flexibility index (Phi) is 7.22. The van der Waals surface area contributed by atoms with E-state index < -0.39 is 0 Å². The minimum atomic E-state index is -0.0941. The Labute approximate surface area is 157 Å². The molecule has 0 aliphatic carbocycles. The summed E-state index contributed by atoms with van der Waals surface area (Å²) in [7, 11) is 4.20. The average molecular weight is 356 g/mol. The zero-order chi connectivity index (χ0) is 19.1. The second-order valence-corrected chi connectivity index (χ2v) is 7.33. The van der Waals surface area contributed by atoms with Crippen molar-refractivity contribution in [3.8, 4) is 5.75 Å². The minimum Gasteiger partial charge on any atom is -0.483 e. The summed E-state index contributed by atoms with van der Waals surface area (Å²) in [6.45, 7) is 6.90. The van der Waals surface area contributed by atoms with Crippen LogP contribution in [0.25, 0.3) is 0 Å². The van der Waals surface area contributed by atoms with Crippen molar-refractivity contribution in [3.63, 3.8) is 0 Å². The van der Waals surface area contributed by atoms with Crippen LogP contribution in [0.2, 0.25) is 0 Å². The van der Waals surface area contributed by atoms with E-state index in [0.29, 0.717) is 12.5 Å². The van der Waals surface area contributed by atoms with Crippen LogP contribution >= 0.6 is 0 Å². The molecule has 2 N–H and O–H groups in total. The summed E-state index contributed by atoms with van der Waals surface area (Å²) >= 11 is 0. The number of amides is 1. The van der Waals surface area contributed by atoms with E-state index in [1.807, 2.05) is 31.2 Å². The number of rotatable bonds is 8. The summed E-state index contributed by atoms with van der Waals surface area (Å²) in [5.41, 5.74) is 3.47. The van der Waals surface area contributed by atoms with Crippen molar-refractivity contribution < 1.29 is 14.4 Å². The predicted octanol–water partition coefficient (Wildman–Crippen LogP) is 2.50. The topological polar surface area (TPSA) is 42.8 Å². The first-order valence-corrected chi connectivity index (χ1v) is 9.23. The molecule has 0 radical (unpaired) electrons. The van der Waals surface area contributed by atoms with E-state index >= 15 is 0 Å². The number of likely N-dealkylation sites (N-methyl/N-ethyl adjacent to an activating group) is 1. The number of carbonyl (C=O) groups excluding carboxylic acids is 1. The first-order valence-electron chi connectivity index (χ1n) is 9.23. The van der Waals surface area contributed by atoms with Crippen molar-refractivity contribution in [1.29, 1.82) is 0 Å². The first kappa shape index (κ1) is 20.0. The Morgan fingerprint density at radius 1 is 1.12 bits per heavy atom. The highest BCUT2D eigenvalue weighted by atomic mass is 16.5. The molecule has 2 aromatic carbocycles. The number of hydrogen-bond donors (Lipinski definition) is 2. The van der Waals surface area contributed by atoms with Gasteiger partial charge in [-0.25, -0.2) is 0 Å². The molecule has 26 heavy (non-hydrogen) atoms. The zero-order valence-corrected chi connectivity index (χ0v) is 16.5. The van der Waals surface area contributed by atoms with Crippen molar-refractivity contribution in [2.45, 2.75) is 32.7 Å². The normalized spacial score (nSPS) is 12.3. The van der Waals surface area contributed by atoms with Crippen molar-refractivity contribution in [1.82, 2.24) is 5.32 Å². The smallest absolute Gasteiger partial charge is 0.258 e. The van der Waals surface area contributed by atoms with Gasteiger partial charge >= 0.3 is 0 Å². The number of aryl methyl sites for hydroxylation is 1. The number of ether oxygens (including phenoxy) is 1. The summed E-state index contributed by atoms with van der Waals surface area (Å²) in [4.78, 5) is 13.6. The number of hydrogen-bond acceptors (Lipinski definition) is 2. The number of benzene rings is 2. The standard InChI is InChI=1S/C22H30N2O2/c1-16(2)19-12-11-17(3)13-21(19)26-15-22(25)23-14-20(24(4)5)18-9-7-6-8-10-18/h6-13,16,20H,14-15H2,1-5H3,(H,23,25)/p+1/t20-/m1/s1. The van der Waals surface area contributed by atoms with Gasteiger partial charge in [-0.3, -0.25) is 4.79 Å². The van der Waals surface area contributed by atoms with Gasteiger partial charge < -0.3 is 15.0 Å². The van der Waals surface area contributed by atoms with Crippen molar-refractivity contribution in [2.24, 2.45) is 0 Å². The molecule has 0 bridgehead atoms. The van der Waals surface area contributed by atoms with Gasteiger partial charge in [-0.2, -0.15) is 0 Å². The molecule has 0 unspecified atom stereocenters. The van der Waals surface area contributed by atoms with Gasteiger partial charge in [0.25, 0.3) is 5.91 Å². The van der Waals surface area contributed by atoms with E-state index in [1.54, 1.807) is 0 Å². The Balaban J connectivity index is 1.94. The molecule has 1 atom stereocenters. The number of carbonyl (C=O) groups is 1. The monoisotopic (exact) mass is 355 g/mol. The van der Waals surface area contributed by atoms with Crippen LogP contribution in [0, 0.1) is 6.92 Å². The summed E-state index contributed by atoms with van der Waals surface area (Å²) in [5, 5.41) is 3.01. The SMILES string of the molecule is Cc1ccc(C(C)C)c(OCC(=O)NC[C@H](c2ccccc2)[NH+](C)C)c1. The van der Waals surface area contributed by atoms with E-state index in [4.69, 9.17) is 4.74 Å². The Hall–Kier alpha value is -2.33. The van der Waals surface area contributed by atoms with E-state index in [-0.39, 0.29) is 18.6 Å². The van der Waals surface area contributed by atoms with Gasteiger partial charge in [0, 0.05) is 5.56 Å². The average Bonchev–Trinajstić information content (AvgIpc) is 2.60. The fourth-order valence-electron chi connectivity index (χ4n) is 2.99. The van der Waals surface area contributed by atoms with Gasteiger partial charge in [-0.15, -0.1) is 0 Å². The van der Waals surface area contributed by atoms with Crippen molar-refractivity contribution in [2.75, 3.05) is 27.2 Å². The molecule has 4 nitrogen and oxygen atoms in total. The van der Waals surface area contributed by atoms with Crippen LogP contribution < -0.4 is 15.0 Å². The largest absolute Gasteiger partial charge is 0.483 e. The van der Waals surface area contributed by atoms with Crippen LogP contribution in [0.15, 0.2) is 48.5 Å². The van der Waals surface area contributed by atoms with Crippen molar-refractivity contribution >= 4 is 5.91 Å². The second-order valence-electron chi connectivity index (χ2n) is 7.33. The lowest BCUT2D eigenvalue weighted by Gasteiger charge is -2.22. The molecule has 0 aromatic heterocycles. The van der Waals surface area contributed by atoms with E-state index in [2.05, 4.69) is 57.5 Å². The molecule has 2 rings (SSSR count). The fraction of sp³-hybridized carbons (Fsp3) is 0.409. The summed E-state index contributed by atoms with van der Waals surface area (Å²) in [5.74, 6) is 1.06. The molecule has 0 saturated heterocycles. The zero-order valence-electron chi connectivity index (χ0n) is 16.5. The highest BCUT2D eigenvalue weighted by molar-refractivity contribution is 5.77. The molecule has 0 aliphatic heterocycles. The van der Waals surface area contributed by atoms with Crippen molar-refractivity contribution in [3.05, 3.63) is 65.2 Å². The predicted molar refractivity (Wildman–Crippen MR) is 106 cm³/mol. The molecule has 2 aromatic rings. The molecule has 1 amide bonds. The highest BCUT2D eigenvalue weighted by Gasteiger charge is 2.18. The molecular formula is C22H31N2O2+. The maximum atomic E-state index is 12.3. The third kappa shape index (κ3) is 5.60. The van der Waals surface area contributed by atoms with Gasteiger partial charge in [0.05, 0.1) is 20.6 Å². The van der Waals surface area contributed by atoms with Gasteiger partial charge in [0.2, 0.25) is 0 Å². The third-order valence-corrected chi connectivity index (χ3v) is 4.55. The molecule has 0 saturated carbocycles. The van der Waals surface area contributed by atoms with Crippen LogP contribution in [0.3, 0.4) is 0 Å². The van der Waals surface area contributed by atoms with Gasteiger partial charge in [-0.05, 0) is 30.0 Å². The lowest BCUT2D eigenvalue weighted by molar-refractivity contribution is -0.890. The van der Waals surface area contributed by atoms with Crippen LogP contribution in [-0.4, -0.2) is 33.2 Å². The number of quaternary nitrogens is 1. The van der Waals surface area contributed by atoms with Gasteiger partial charge in [0.15, 0.2) is 6.61 Å². The molecule has 4 heteroatoms. The molecule has 0 fully saturated rings. The summed E-state index contributed by atoms with van der Waals surface area (Å²) in [6.07, 6.45) is 0. The molecule has 0 aliphatic rings. The van der Waals surface area contributed by atoms with Crippen LogP contribution in [0.1, 0.15) is 42.5 Å². The fourth-order valence-corrected chi connectivity index (χ4v) is 2.99. The lowest BCUT2D eigenvalue weighted by Crippen LogP contribution is -3.07. The third-order valence-electron chi connectivity index (χ3n) is 4.55. The summed E-state index contributed by atoms with van der Waals surface area (Å²) < 4.78 is 5.82. The van der Waals surface area contributed by atoms with Crippen LogP contribution in [0.5, 0.6) is 5.75 Å². The maximum Gasteiger partial charge on any atom is 0.258 e. The Bertz CT molecular complexity index is 711. The van der Waals surface area contributed by atoms with Crippen LogP contribution in [0.4, 0.5) is 0 Å². The summed E-state index contributed by atoms with van der Waals surface area (Å²) in [6, 6.07) is 16.6. The molecule has 140 valence electrons. The highest BCUT2D eigenvalue weighted by Crippen LogP contribution is 2.27. The maximum absolute atomic E-state index is 12.3. The number of nitrogens with one attached hydrogen (secondary N) is 2. The van der Waals surface area contributed by atoms with E-state index in [9.17, 15) is 4.79 Å². The Morgan fingerprint density at radius 2 is 1.81 bits per heavy atom.